The second kappa shape index (κ2) is 8.18. The van der Waals surface area contributed by atoms with Crippen LogP contribution in [0.5, 0.6) is 5.75 Å². The van der Waals surface area contributed by atoms with Gasteiger partial charge in [0.15, 0.2) is 0 Å². The summed E-state index contributed by atoms with van der Waals surface area (Å²) < 4.78 is 10.4. The Morgan fingerprint density at radius 1 is 1.36 bits per heavy atom. The number of imide groups is 1. The van der Waals surface area contributed by atoms with Crippen LogP contribution in [0.15, 0.2) is 24.3 Å². The Hall–Kier alpha value is -2.61. The number of urea groups is 1. The number of amides is 3. The topological polar surface area (TPSA) is 88.2 Å². The van der Waals surface area contributed by atoms with Gasteiger partial charge in [0.25, 0.3) is 5.91 Å². The van der Waals surface area contributed by atoms with E-state index in [-0.39, 0.29) is 24.5 Å². The Morgan fingerprint density at radius 3 is 2.86 bits per heavy atom. The monoisotopic (exact) mass is 389 g/mol. The first kappa shape index (κ1) is 20.1. The van der Waals surface area contributed by atoms with Gasteiger partial charge in [0, 0.05) is 6.54 Å². The predicted molar refractivity (Wildman–Crippen MR) is 102 cm³/mol. The van der Waals surface area contributed by atoms with Crippen LogP contribution in [0.1, 0.15) is 32.3 Å². The van der Waals surface area contributed by atoms with Gasteiger partial charge >= 0.3 is 12.0 Å². The summed E-state index contributed by atoms with van der Waals surface area (Å²) >= 11 is 0. The molecule has 2 fully saturated rings. The molecular weight excluding hydrogens is 362 g/mol. The number of hydrogen-bond acceptors (Lipinski definition) is 6. The Bertz CT molecular complexity index is 768. The molecule has 1 aromatic rings. The molecule has 152 valence electrons. The minimum atomic E-state index is -1.15. The number of esters is 1. The average Bonchev–Trinajstić information content (AvgIpc) is 2.92. The van der Waals surface area contributed by atoms with Crippen LogP contribution in [-0.2, 0) is 19.9 Å². The van der Waals surface area contributed by atoms with E-state index in [2.05, 4.69) is 5.32 Å². The van der Waals surface area contributed by atoms with E-state index >= 15 is 0 Å². The van der Waals surface area contributed by atoms with Crippen LogP contribution in [0.3, 0.4) is 0 Å². The SMILES string of the molecule is CCOC(=O)[C@@H]1CCCN(CN2C(=O)N[C@](C)(c3cccc(OC)c3)C2=O)C1. The van der Waals surface area contributed by atoms with Crippen molar-refractivity contribution in [3.05, 3.63) is 29.8 Å². The highest BCUT2D eigenvalue weighted by atomic mass is 16.5. The van der Waals surface area contributed by atoms with Gasteiger partial charge in [-0.05, 0) is 50.9 Å². The lowest BCUT2D eigenvalue weighted by atomic mass is 9.92. The molecule has 1 aromatic carbocycles. The van der Waals surface area contributed by atoms with Crippen LogP contribution in [0, 0.1) is 5.92 Å². The summed E-state index contributed by atoms with van der Waals surface area (Å²) in [5, 5.41) is 2.81. The summed E-state index contributed by atoms with van der Waals surface area (Å²) in [6.45, 7) is 5.18. The van der Waals surface area contributed by atoms with Gasteiger partial charge in [0.2, 0.25) is 0 Å². The lowest BCUT2D eigenvalue weighted by molar-refractivity contribution is -0.150. The fourth-order valence-electron chi connectivity index (χ4n) is 3.79. The molecule has 0 radical (unpaired) electrons. The van der Waals surface area contributed by atoms with E-state index in [1.54, 1.807) is 45.2 Å². The van der Waals surface area contributed by atoms with Gasteiger partial charge in [-0.1, -0.05) is 12.1 Å². The van der Waals surface area contributed by atoms with E-state index in [1.165, 1.54) is 4.90 Å². The standard InChI is InChI=1S/C20H27N3O5/c1-4-28-17(24)14-7-6-10-22(12-14)13-23-18(25)20(2,21-19(23)26)15-8-5-9-16(11-15)27-3/h5,8-9,11,14H,4,6-7,10,12-13H2,1-3H3,(H,21,26)/t14-,20-/m1/s1. The first-order valence-electron chi connectivity index (χ1n) is 9.56. The van der Waals surface area contributed by atoms with E-state index in [4.69, 9.17) is 9.47 Å². The number of piperidine rings is 1. The summed E-state index contributed by atoms with van der Waals surface area (Å²) in [5.74, 6) is -0.138. The van der Waals surface area contributed by atoms with Crippen LogP contribution in [0.2, 0.25) is 0 Å². The molecule has 8 nitrogen and oxygen atoms in total. The number of likely N-dealkylation sites (tertiary alicyclic amines) is 1. The van der Waals surface area contributed by atoms with Gasteiger partial charge in [0.1, 0.15) is 11.3 Å². The third kappa shape index (κ3) is 3.82. The first-order chi connectivity index (χ1) is 13.4. The number of nitrogens with one attached hydrogen (secondary N) is 1. The molecule has 2 aliphatic heterocycles. The predicted octanol–water partition coefficient (Wildman–Crippen LogP) is 1.69. The molecule has 2 atom stereocenters. The first-order valence-corrected chi connectivity index (χ1v) is 9.56. The van der Waals surface area contributed by atoms with Crippen molar-refractivity contribution in [2.24, 2.45) is 5.92 Å². The molecule has 2 heterocycles. The number of hydrogen-bond donors (Lipinski definition) is 1. The highest BCUT2D eigenvalue weighted by Crippen LogP contribution is 2.31. The highest BCUT2D eigenvalue weighted by Gasteiger charge is 2.49. The molecule has 3 amide bonds. The Labute approximate surface area is 164 Å². The van der Waals surface area contributed by atoms with Gasteiger partial charge < -0.3 is 14.8 Å². The zero-order chi connectivity index (χ0) is 20.3. The minimum absolute atomic E-state index is 0.153. The maximum Gasteiger partial charge on any atom is 0.326 e. The molecule has 28 heavy (non-hydrogen) atoms. The maximum atomic E-state index is 13.1. The molecule has 0 unspecified atom stereocenters. The van der Waals surface area contributed by atoms with Crippen LogP contribution >= 0.6 is 0 Å². The van der Waals surface area contributed by atoms with Crippen LogP contribution < -0.4 is 10.1 Å². The Kier molecular flexibility index (Phi) is 5.88. The molecule has 0 saturated carbocycles. The fraction of sp³-hybridized carbons (Fsp3) is 0.550. The van der Waals surface area contributed by atoms with Gasteiger partial charge in [-0.2, -0.15) is 0 Å². The number of rotatable bonds is 6. The van der Waals surface area contributed by atoms with Crippen molar-refractivity contribution < 1.29 is 23.9 Å². The molecule has 0 aliphatic carbocycles. The van der Waals surface area contributed by atoms with Crippen LogP contribution in [-0.4, -0.2) is 61.2 Å². The lowest BCUT2D eigenvalue weighted by Crippen LogP contribution is -2.48. The molecule has 1 N–H and O–H groups in total. The molecule has 2 aliphatic rings. The van der Waals surface area contributed by atoms with Crippen molar-refractivity contribution in [1.29, 1.82) is 0 Å². The van der Waals surface area contributed by atoms with Crippen molar-refractivity contribution in [1.82, 2.24) is 15.1 Å². The smallest absolute Gasteiger partial charge is 0.326 e. The van der Waals surface area contributed by atoms with Gasteiger partial charge in [-0.15, -0.1) is 0 Å². The molecule has 8 heteroatoms. The maximum absolute atomic E-state index is 13.1. The summed E-state index contributed by atoms with van der Waals surface area (Å²) in [7, 11) is 1.55. The molecule has 3 rings (SSSR count). The number of carbonyl (C=O) groups is 3. The van der Waals surface area contributed by atoms with E-state index in [0.29, 0.717) is 24.5 Å². The minimum Gasteiger partial charge on any atom is -0.497 e. The highest BCUT2D eigenvalue weighted by molar-refractivity contribution is 6.07. The van der Waals surface area contributed by atoms with Gasteiger partial charge in [-0.25, -0.2) is 9.69 Å². The van der Waals surface area contributed by atoms with E-state index in [9.17, 15) is 14.4 Å². The van der Waals surface area contributed by atoms with Crippen LogP contribution in [0.25, 0.3) is 0 Å². The summed E-state index contributed by atoms with van der Waals surface area (Å²) in [6, 6.07) is 6.68. The van der Waals surface area contributed by atoms with E-state index < -0.39 is 11.6 Å². The number of benzene rings is 1. The normalized spacial score (nSPS) is 25.5. The quantitative estimate of drug-likeness (QED) is 0.588. The molecule has 2 saturated heterocycles. The van der Waals surface area contributed by atoms with Crippen molar-refractivity contribution in [3.63, 3.8) is 0 Å². The zero-order valence-corrected chi connectivity index (χ0v) is 16.6. The Morgan fingerprint density at radius 2 is 2.14 bits per heavy atom. The summed E-state index contributed by atoms with van der Waals surface area (Å²) in [6.07, 6.45) is 1.58. The fourth-order valence-corrected chi connectivity index (χ4v) is 3.79. The zero-order valence-electron chi connectivity index (χ0n) is 16.6. The lowest BCUT2D eigenvalue weighted by Gasteiger charge is -2.33. The molecule has 0 aromatic heterocycles. The van der Waals surface area contributed by atoms with Gasteiger partial charge in [0.05, 0.1) is 26.3 Å². The third-order valence-corrected chi connectivity index (χ3v) is 5.39. The number of nitrogens with zero attached hydrogens (tertiary/aromatic N) is 2. The molecular formula is C20H27N3O5. The third-order valence-electron chi connectivity index (χ3n) is 5.39. The van der Waals surface area contributed by atoms with E-state index in [1.807, 2.05) is 4.90 Å². The second-order valence-electron chi connectivity index (χ2n) is 7.33. The van der Waals surface area contributed by atoms with Crippen molar-refractivity contribution in [2.75, 3.05) is 33.5 Å². The van der Waals surface area contributed by atoms with Crippen molar-refractivity contribution >= 4 is 17.9 Å². The van der Waals surface area contributed by atoms with Crippen LogP contribution in [0.4, 0.5) is 4.79 Å². The summed E-state index contributed by atoms with van der Waals surface area (Å²) in [4.78, 5) is 40.9. The van der Waals surface area contributed by atoms with E-state index in [0.717, 1.165) is 19.4 Å². The van der Waals surface area contributed by atoms with Crippen molar-refractivity contribution in [3.8, 4) is 5.75 Å². The second-order valence-corrected chi connectivity index (χ2v) is 7.33. The molecule has 0 spiro atoms. The largest absolute Gasteiger partial charge is 0.497 e. The summed E-state index contributed by atoms with van der Waals surface area (Å²) in [5.41, 5.74) is -0.488. The van der Waals surface area contributed by atoms with Crippen molar-refractivity contribution in [2.45, 2.75) is 32.2 Å². The average molecular weight is 389 g/mol. The number of carbonyl (C=O) groups excluding carboxylic acids is 3. The number of methoxy groups -OCH3 is 1. The van der Waals surface area contributed by atoms with Gasteiger partial charge in [-0.3, -0.25) is 14.5 Å². The number of ether oxygens (including phenoxy) is 2. The Balaban J connectivity index is 1.72. The molecule has 0 bridgehead atoms.